The molecule has 0 radical (unpaired) electrons. The molecule has 2 aliphatic rings. The van der Waals surface area contributed by atoms with Gasteiger partial charge in [-0.15, -0.1) is 24.0 Å². The first-order chi connectivity index (χ1) is 10.8. The topological polar surface area (TPSA) is 54.9 Å². The number of benzene rings is 1. The van der Waals surface area contributed by atoms with Gasteiger partial charge in [-0.25, -0.2) is 0 Å². The first kappa shape index (κ1) is 18.2. The van der Waals surface area contributed by atoms with E-state index in [9.17, 15) is 0 Å². The average Bonchev–Trinajstić information content (AvgIpc) is 3.22. The van der Waals surface area contributed by atoms with E-state index in [4.69, 9.17) is 9.47 Å². The van der Waals surface area contributed by atoms with Crippen LogP contribution >= 0.6 is 24.0 Å². The summed E-state index contributed by atoms with van der Waals surface area (Å²) < 4.78 is 10.7. The molecule has 0 saturated heterocycles. The van der Waals surface area contributed by atoms with Gasteiger partial charge in [0.15, 0.2) is 17.5 Å². The lowest BCUT2D eigenvalue weighted by molar-refractivity contribution is 0.174. The Morgan fingerprint density at radius 2 is 2.04 bits per heavy atom. The molecular weight excluding hydrogens is 405 g/mol. The Morgan fingerprint density at radius 3 is 2.83 bits per heavy atom. The molecule has 1 aromatic carbocycles. The molecule has 0 unspecified atom stereocenters. The summed E-state index contributed by atoms with van der Waals surface area (Å²) in [7, 11) is 0. The van der Waals surface area contributed by atoms with Crippen LogP contribution in [-0.4, -0.2) is 32.4 Å². The Kier molecular flexibility index (Phi) is 7.26. The van der Waals surface area contributed by atoms with E-state index < -0.39 is 0 Å². The summed E-state index contributed by atoms with van der Waals surface area (Å²) in [6.45, 7) is 5.09. The average molecular weight is 431 g/mol. The second-order valence-corrected chi connectivity index (χ2v) is 5.86. The Balaban J connectivity index is 0.00000192. The first-order valence-electron chi connectivity index (χ1n) is 8.26. The van der Waals surface area contributed by atoms with Crippen LogP contribution in [0.25, 0.3) is 0 Å². The fraction of sp³-hybridized carbons (Fsp3) is 0.588. The zero-order valence-corrected chi connectivity index (χ0v) is 16.0. The highest BCUT2D eigenvalue weighted by molar-refractivity contribution is 14.0. The van der Waals surface area contributed by atoms with Crippen molar-refractivity contribution in [3.8, 4) is 11.5 Å². The van der Waals surface area contributed by atoms with Gasteiger partial charge < -0.3 is 20.1 Å². The number of nitrogens with one attached hydrogen (secondary N) is 2. The molecule has 1 fully saturated rings. The van der Waals surface area contributed by atoms with Crippen LogP contribution in [0.1, 0.15) is 31.7 Å². The molecule has 1 aromatic rings. The van der Waals surface area contributed by atoms with Crippen molar-refractivity contribution in [3.63, 3.8) is 0 Å². The smallest absolute Gasteiger partial charge is 0.231 e. The largest absolute Gasteiger partial charge is 0.454 e. The second-order valence-electron chi connectivity index (χ2n) is 5.86. The van der Waals surface area contributed by atoms with E-state index >= 15 is 0 Å². The van der Waals surface area contributed by atoms with Gasteiger partial charge in [-0.1, -0.05) is 18.9 Å². The number of aliphatic imine (C=N–C) groups is 1. The lowest BCUT2D eigenvalue weighted by atomic mass is 10.1. The quantitative estimate of drug-likeness (QED) is 0.396. The summed E-state index contributed by atoms with van der Waals surface area (Å²) in [6.07, 6.45) is 4.94. The zero-order valence-electron chi connectivity index (χ0n) is 13.6. The molecule has 1 heterocycles. The van der Waals surface area contributed by atoms with Crippen molar-refractivity contribution in [2.45, 2.75) is 32.6 Å². The normalized spacial score (nSPS) is 16.0. The van der Waals surface area contributed by atoms with Crippen molar-refractivity contribution < 1.29 is 9.47 Å². The molecule has 5 nitrogen and oxygen atoms in total. The van der Waals surface area contributed by atoms with E-state index in [2.05, 4.69) is 34.7 Å². The molecule has 23 heavy (non-hydrogen) atoms. The number of hydrogen-bond donors (Lipinski definition) is 2. The monoisotopic (exact) mass is 431 g/mol. The third kappa shape index (κ3) is 5.75. The predicted molar refractivity (Wildman–Crippen MR) is 103 cm³/mol. The van der Waals surface area contributed by atoms with Gasteiger partial charge in [0.05, 0.1) is 0 Å². The molecule has 1 aliphatic heterocycles. The third-order valence-corrected chi connectivity index (χ3v) is 3.99. The SMILES string of the molecule is CCNC(=NCCC1CC1)NCCc1ccc2c(c1)OCO2.I. The van der Waals surface area contributed by atoms with Crippen LogP contribution in [0.5, 0.6) is 11.5 Å². The Labute approximate surface area is 155 Å². The number of ether oxygens (including phenoxy) is 2. The minimum Gasteiger partial charge on any atom is -0.454 e. The Hall–Kier alpha value is -1.18. The molecular formula is C17H26IN3O2. The van der Waals surface area contributed by atoms with Crippen LogP contribution in [-0.2, 0) is 6.42 Å². The molecule has 1 aliphatic carbocycles. The van der Waals surface area contributed by atoms with Crippen molar-refractivity contribution in [2.24, 2.45) is 10.9 Å². The van der Waals surface area contributed by atoms with Crippen LogP contribution < -0.4 is 20.1 Å². The summed E-state index contributed by atoms with van der Waals surface area (Å²) in [6, 6.07) is 6.13. The lowest BCUT2D eigenvalue weighted by Gasteiger charge is -2.11. The number of halogens is 1. The van der Waals surface area contributed by atoms with Crippen LogP contribution in [0, 0.1) is 5.92 Å². The van der Waals surface area contributed by atoms with Crippen LogP contribution in [0.2, 0.25) is 0 Å². The van der Waals surface area contributed by atoms with Gasteiger partial charge in [-0.05, 0) is 43.4 Å². The van der Waals surface area contributed by atoms with Crippen molar-refractivity contribution in [1.29, 1.82) is 0 Å². The molecule has 0 aromatic heterocycles. The molecule has 3 rings (SSSR count). The van der Waals surface area contributed by atoms with E-state index in [1.807, 2.05) is 6.07 Å². The van der Waals surface area contributed by atoms with Crippen molar-refractivity contribution in [2.75, 3.05) is 26.4 Å². The van der Waals surface area contributed by atoms with E-state index in [-0.39, 0.29) is 24.0 Å². The number of hydrogen-bond acceptors (Lipinski definition) is 3. The molecule has 1 saturated carbocycles. The fourth-order valence-electron chi connectivity index (χ4n) is 2.53. The number of fused-ring (bicyclic) bond motifs is 1. The molecule has 6 heteroatoms. The van der Waals surface area contributed by atoms with Gasteiger partial charge in [0.25, 0.3) is 0 Å². The van der Waals surface area contributed by atoms with Gasteiger partial charge in [0, 0.05) is 19.6 Å². The number of nitrogens with zero attached hydrogens (tertiary/aromatic N) is 1. The summed E-state index contributed by atoms with van der Waals surface area (Å²) in [5.41, 5.74) is 1.24. The van der Waals surface area contributed by atoms with Gasteiger partial charge >= 0.3 is 0 Å². The van der Waals surface area contributed by atoms with E-state index in [0.717, 1.165) is 49.4 Å². The summed E-state index contributed by atoms with van der Waals surface area (Å²) in [5, 5.41) is 6.70. The molecule has 2 N–H and O–H groups in total. The predicted octanol–water partition coefficient (Wildman–Crippen LogP) is 2.93. The van der Waals surface area contributed by atoms with Crippen molar-refractivity contribution >= 4 is 29.9 Å². The molecule has 0 amide bonds. The number of guanidine groups is 1. The van der Waals surface area contributed by atoms with Crippen molar-refractivity contribution in [3.05, 3.63) is 23.8 Å². The van der Waals surface area contributed by atoms with E-state index in [1.54, 1.807) is 0 Å². The third-order valence-electron chi connectivity index (χ3n) is 3.99. The van der Waals surface area contributed by atoms with Crippen molar-refractivity contribution in [1.82, 2.24) is 10.6 Å². The molecule has 0 spiro atoms. The van der Waals surface area contributed by atoms with Crippen LogP contribution in [0.4, 0.5) is 0 Å². The number of rotatable bonds is 7. The zero-order chi connectivity index (χ0) is 15.2. The Bertz CT molecular complexity index is 533. The lowest BCUT2D eigenvalue weighted by Crippen LogP contribution is -2.38. The summed E-state index contributed by atoms with van der Waals surface area (Å²) in [5.74, 6) is 3.54. The minimum atomic E-state index is 0. The first-order valence-corrected chi connectivity index (χ1v) is 8.26. The van der Waals surface area contributed by atoms with Gasteiger partial charge in [0.2, 0.25) is 6.79 Å². The summed E-state index contributed by atoms with van der Waals surface area (Å²) in [4.78, 5) is 4.63. The highest BCUT2D eigenvalue weighted by Crippen LogP contribution is 2.32. The van der Waals surface area contributed by atoms with Crippen LogP contribution in [0.3, 0.4) is 0 Å². The highest BCUT2D eigenvalue weighted by atomic mass is 127. The maximum atomic E-state index is 5.41. The molecule has 0 bridgehead atoms. The standard InChI is InChI=1S/C17H25N3O2.HI/c1-2-18-17(19-9-7-13-3-4-13)20-10-8-14-5-6-15-16(11-14)22-12-21-15;/h5-6,11,13H,2-4,7-10,12H2,1H3,(H2,18,19,20);1H. The Morgan fingerprint density at radius 1 is 1.22 bits per heavy atom. The second kappa shape index (κ2) is 9.20. The van der Waals surface area contributed by atoms with Gasteiger partial charge in [-0.2, -0.15) is 0 Å². The van der Waals surface area contributed by atoms with E-state index in [0.29, 0.717) is 6.79 Å². The maximum absolute atomic E-state index is 5.41. The van der Waals surface area contributed by atoms with Gasteiger partial charge in [-0.3, -0.25) is 4.99 Å². The van der Waals surface area contributed by atoms with Gasteiger partial charge in [0.1, 0.15) is 0 Å². The summed E-state index contributed by atoms with van der Waals surface area (Å²) >= 11 is 0. The van der Waals surface area contributed by atoms with Crippen LogP contribution in [0.15, 0.2) is 23.2 Å². The highest BCUT2D eigenvalue weighted by Gasteiger charge is 2.20. The fourth-order valence-corrected chi connectivity index (χ4v) is 2.53. The molecule has 128 valence electrons. The molecule has 0 atom stereocenters. The minimum absolute atomic E-state index is 0. The van der Waals surface area contributed by atoms with E-state index in [1.165, 1.54) is 24.8 Å². The maximum Gasteiger partial charge on any atom is 0.231 e.